The Hall–Kier alpha value is -3.10. The maximum atomic E-state index is 13.0. The number of likely N-dealkylation sites (N-methyl/N-ethyl adjacent to an activating group) is 1. The molecule has 0 radical (unpaired) electrons. The van der Waals surface area contributed by atoms with Gasteiger partial charge in [0.15, 0.2) is 0 Å². The maximum absolute atomic E-state index is 13.0. The van der Waals surface area contributed by atoms with Gasteiger partial charge in [-0.15, -0.1) is 0 Å². The number of nitrogens with one attached hydrogen (secondary N) is 3. The van der Waals surface area contributed by atoms with E-state index in [0.717, 1.165) is 12.8 Å². The van der Waals surface area contributed by atoms with E-state index in [2.05, 4.69) is 16.0 Å². The Kier molecular flexibility index (Phi) is 8.30. The lowest BCUT2D eigenvalue weighted by Gasteiger charge is -2.27. The molecule has 1 fully saturated rings. The van der Waals surface area contributed by atoms with Gasteiger partial charge < -0.3 is 25.6 Å². The van der Waals surface area contributed by atoms with Crippen LogP contribution < -0.4 is 20.7 Å². The number of para-hydroxylation sites is 1. The second-order valence-corrected chi connectivity index (χ2v) is 9.27. The van der Waals surface area contributed by atoms with E-state index in [9.17, 15) is 19.2 Å². The molecule has 0 bridgehead atoms. The molecule has 33 heavy (non-hydrogen) atoms. The van der Waals surface area contributed by atoms with E-state index in [1.165, 1.54) is 4.90 Å². The molecule has 1 aromatic rings. The Balaban J connectivity index is 1.85. The third kappa shape index (κ3) is 7.20. The molecule has 3 rings (SSSR count). The molecule has 1 heterocycles. The summed E-state index contributed by atoms with van der Waals surface area (Å²) >= 11 is 0. The standard InChI is InChI=1S/C24H34N4O5/c1-15(2)12-19-24(32)28(3)10-11-33-20-7-5-4-6-17(20)22(30)27-18(13-21(29)26-19)23(31)25-14-16-8-9-16/h4-7,15-16,18-19H,8-14H2,1-3H3,(H,25,31)(H,26,29)(H,27,30)/t18-,19-/m0/s1. The summed E-state index contributed by atoms with van der Waals surface area (Å²) < 4.78 is 5.80. The third-order valence-corrected chi connectivity index (χ3v) is 5.81. The summed E-state index contributed by atoms with van der Waals surface area (Å²) in [7, 11) is 1.66. The van der Waals surface area contributed by atoms with Crippen molar-refractivity contribution in [2.45, 2.75) is 51.6 Å². The fourth-order valence-corrected chi connectivity index (χ4v) is 3.72. The van der Waals surface area contributed by atoms with Gasteiger partial charge in [-0.25, -0.2) is 0 Å². The number of hydrogen-bond acceptors (Lipinski definition) is 5. The first-order valence-electron chi connectivity index (χ1n) is 11.6. The Bertz CT molecular complexity index is 883. The largest absolute Gasteiger partial charge is 0.491 e. The molecule has 0 saturated heterocycles. The van der Waals surface area contributed by atoms with Crippen molar-refractivity contribution < 1.29 is 23.9 Å². The van der Waals surface area contributed by atoms with E-state index in [4.69, 9.17) is 4.74 Å². The Morgan fingerprint density at radius 2 is 1.91 bits per heavy atom. The molecule has 2 atom stereocenters. The summed E-state index contributed by atoms with van der Waals surface area (Å²) in [5.74, 6) is -0.611. The number of rotatable bonds is 5. The van der Waals surface area contributed by atoms with Crippen molar-refractivity contribution in [1.82, 2.24) is 20.9 Å². The van der Waals surface area contributed by atoms with Crippen molar-refractivity contribution in [1.29, 1.82) is 0 Å². The number of amides is 4. The lowest BCUT2D eigenvalue weighted by atomic mass is 10.0. The minimum Gasteiger partial charge on any atom is -0.491 e. The van der Waals surface area contributed by atoms with Gasteiger partial charge in [0.1, 0.15) is 24.4 Å². The smallest absolute Gasteiger partial charge is 0.255 e. The molecule has 1 aliphatic carbocycles. The van der Waals surface area contributed by atoms with E-state index in [0.29, 0.717) is 31.2 Å². The lowest BCUT2D eigenvalue weighted by molar-refractivity contribution is -0.136. The molecule has 9 heteroatoms. The number of nitrogens with zero attached hydrogens (tertiary/aromatic N) is 1. The molecule has 1 saturated carbocycles. The van der Waals surface area contributed by atoms with Gasteiger partial charge in [-0.05, 0) is 43.2 Å². The van der Waals surface area contributed by atoms with Crippen molar-refractivity contribution in [3.63, 3.8) is 0 Å². The van der Waals surface area contributed by atoms with E-state index in [-0.39, 0.29) is 30.4 Å². The molecule has 0 aromatic heterocycles. The molecule has 9 nitrogen and oxygen atoms in total. The molecule has 1 aromatic carbocycles. The van der Waals surface area contributed by atoms with Gasteiger partial charge in [-0.2, -0.15) is 0 Å². The normalized spacial score (nSPS) is 22.5. The van der Waals surface area contributed by atoms with E-state index < -0.39 is 29.8 Å². The Labute approximate surface area is 194 Å². The Morgan fingerprint density at radius 1 is 1.18 bits per heavy atom. The molecule has 4 amide bonds. The van der Waals surface area contributed by atoms with E-state index >= 15 is 0 Å². The number of carbonyl (C=O) groups excluding carboxylic acids is 4. The van der Waals surface area contributed by atoms with Crippen LogP contribution in [0.4, 0.5) is 0 Å². The molecule has 3 N–H and O–H groups in total. The number of benzene rings is 1. The Morgan fingerprint density at radius 3 is 2.61 bits per heavy atom. The predicted molar refractivity (Wildman–Crippen MR) is 123 cm³/mol. The zero-order chi connectivity index (χ0) is 24.0. The summed E-state index contributed by atoms with van der Waals surface area (Å²) in [5.41, 5.74) is 0.265. The first kappa shape index (κ1) is 24.5. The SMILES string of the molecule is CC(C)C[C@@H]1NC(=O)C[C@@H](C(=O)NCC2CC2)NC(=O)c2ccccc2OCCN(C)C1=O. The number of ether oxygens (including phenoxy) is 1. The molecule has 1 aliphatic heterocycles. The lowest BCUT2D eigenvalue weighted by Crippen LogP contribution is -2.53. The molecule has 2 aliphatic rings. The van der Waals surface area contributed by atoms with Crippen molar-refractivity contribution in [2.75, 3.05) is 26.7 Å². The second-order valence-electron chi connectivity index (χ2n) is 9.27. The summed E-state index contributed by atoms with van der Waals surface area (Å²) in [4.78, 5) is 53.2. The fraction of sp³-hybridized carbons (Fsp3) is 0.583. The van der Waals surface area contributed by atoms with Gasteiger partial charge in [0.05, 0.1) is 18.5 Å². The van der Waals surface area contributed by atoms with Crippen LogP contribution in [0.2, 0.25) is 0 Å². The minimum atomic E-state index is -1.07. The summed E-state index contributed by atoms with van der Waals surface area (Å²) in [6.45, 7) is 4.94. The third-order valence-electron chi connectivity index (χ3n) is 5.81. The fourth-order valence-electron chi connectivity index (χ4n) is 3.72. The number of hydrogen-bond donors (Lipinski definition) is 3. The first-order valence-corrected chi connectivity index (χ1v) is 11.6. The van der Waals surface area contributed by atoms with Crippen molar-refractivity contribution in [3.05, 3.63) is 29.8 Å². The van der Waals surface area contributed by atoms with Crippen LogP contribution in [0.3, 0.4) is 0 Å². The number of carbonyl (C=O) groups is 4. The average molecular weight is 459 g/mol. The van der Waals surface area contributed by atoms with Crippen LogP contribution in [0.25, 0.3) is 0 Å². The average Bonchev–Trinajstić information content (AvgIpc) is 3.60. The van der Waals surface area contributed by atoms with Crippen LogP contribution in [-0.4, -0.2) is 67.4 Å². The van der Waals surface area contributed by atoms with Gasteiger partial charge in [-0.3, -0.25) is 19.2 Å². The van der Waals surface area contributed by atoms with Crippen LogP contribution in [0, 0.1) is 11.8 Å². The van der Waals surface area contributed by atoms with Crippen molar-refractivity contribution in [3.8, 4) is 5.75 Å². The first-order chi connectivity index (χ1) is 15.7. The van der Waals surface area contributed by atoms with Crippen LogP contribution in [-0.2, 0) is 14.4 Å². The summed E-state index contributed by atoms with van der Waals surface area (Å²) in [6.07, 6.45) is 2.32. The molecule has 0 spiro atoms. The zero-order valence-corrected chi connectivity index (χ0v) is 19.6. The van der Waals surface area contributed by atoms with Gasteiger partial charge >= 0.3 is 0 Å². The predicted octanol–water partition coefficient (Wildman–Crippen LogP) is 1.08. The van der Waals surface area contributed by atoms with E-state index in [1.54, 1.807) is 31.3 Å². The second kappa shape index (κ2) is 11.2. The zero-order valence-electron chi connectivity index (χ0n) is 19.6. The molecular formula is C24H34N4O5. The number of fused-ring (bicyclic) bond motifs is 1. The van der Waals surface area contributed by atoms with Crippen LogP contribution in [0.15, 0.2) is 24.3 Å². The van der Waals surface area contributed by atoms with Crippen LogP contribution in [0.1, 0.15) is 49.9 Å². The highest BCUT2D eigenvalue weighted by molar-refractivity contribution is 6.01. The highest BCUT2D eigenvalue weighted by Gasteiger charge is 2.31. The highest BCUT2D eigenvalue weighted by atomic mass is 16.5. The minimum absolute atomic E-state index is 0.173. The van der Waals surface area contributed by atoms with E-state index in [1.807, 2.05) is 13.8 Å². The van der Waals surface area contributed by atoms with Crippen molar-refractivity contribution in [2.24, 2.45) is 11.8 Å². The van der Waals surface area contributed by atoms with Crippen LogP contribution in [0.5, 0.6) is 5.75 Å². The summed E-state index contributed by atoms with van der Waals surface area (Å²) in [5, 5.41) is 8.30. The van der Waals surface area contributed by atoms with Crippen LogP contribution >= 0.6 is 0 Å². The highest BCUT2D eigenvalue weighted by Crippen LogP contribution is 2.27. The van der Waals surface area contributed by atoms with Gasteiger partial charge in [0.25, 0.3) is 5.91 Å². The van der Waals surface area contributed by atoms with Gasteiger partial charge in [-0.1, -0.05) is 26.0 Å². The monoisotopic (exact) mass is 458 g/mol. The molecule has 0 unspecified atom stereocenters. The summed E-state index contributed by atoms with van der Waals surface area (Å²) in [6, 6.07) is 4.92. The molecule has 180 valence electrons. The molecular weight excluding hydrogens is 424 g/mol. The topological polar surface area (TPSA) is 117 Å². The quantitative estimate of drug-likeness (QED) is 0.611. The van der Waals surface area contributed by atoms with Gasteiger partial charge in [0.2, 0.25) is 17.7 Å². The maximum Gasteiger partial charge on any atom is 0.255 e. The van der Waals surface area contributed by atoms with Crippen molar-refractivity contribution >= 4 is 23.6 Å². The van der Waals surface area contributed by atoms with Gasteiger partial charge in [0, 0.05) is 13.6 Å².